The van der Waals surface area contributed by atoms with Crippen molar-refractivity contribution in [2.45, 2.75) is 32.7 Å². The van der Waals surface area contributed by atoms with Crippen LogP contribution in [-0.2, 0) is 4.79 Å². The number of hydrogen-bond acceptors (Lipinski definition) is 6. The lowest BCUT2D eigenvalue weighted by atomic mass is 10.0. The van der Waals surface area contributed by atoms with Crippen LogP contribution in [0.2, 0.25) is 0 Å². The average Bonchev–Trinajstić information content (AvgIpc) is 3.38. The lowest BCUT2D eigenvalue weighted by molar-refractivity contribution is -0.117. The van der Waals surface area contributed by atoms with Crippen molar-refractivity contribution in [2.75, 3.05) is 16.8 Å². The molecule has 2 aliphatic rings. The number of carbonyl (C=O) groups excluding carboxylic acids is 1. The van der Waals surface area contributed by atoms with Crippen LogP contribution in [0.15, 0.2) is 30.7 Å². The summed E-state index contributed by atoms with van der Waals surface area (Å²) in [5, 5.41) is 10.8. The largest absolute Gasteiger partial charge is 0.341 e. The molecule has 5 rings (SSSR count). The number of nitrogens with zero attached hydrogens (tertiary/aromatic N) is 5. The molecule has 2 aromatic heterocycles. The van der Waals surface area contributed by atoms with Gasteiger partial charge in [0.25, 0.3) is 0 Å². The van der Waals surface area contributed by atoms with Gasteiger partial charge in [-0.25, -0.2) is 9.97 Å². The highest BCUT2D eigenvalue weighted by molar-refractivity contribution is 6.02. The summed E-state index contributed by atoms with van der Waals surface area (Å²) in [5.41, 5.74) is 3.86. The van der Waals surface area contributed by atoms with Crippen molar-refractivity contribution in [1.82, 2.24) is 25.1 Å². The van der Waals surface area contributed by atoms with E-state index in [2.05, 4.69) is 43.4 Å². The minimum absolute atomic E-state index is 0.0260. The molecule has 2 aliphatic heterocycles. The maximum atomic E-state index is 12.4. The molecule has 8 heteroatoms. The molecule has 0 saturated carbocycles. The van der Waals surface area contributed by atoms with Crippen molar-refractivity contribution in [3.63, 3.8) is 0 Å². The molecule has 3 aromatic rings. The van der Waals surface area contributed by atoms with Gasteiger partial charge in [-0.05, 0) is 30.9 Å². The number of benzene rings is 1. The Bertz CT molecular complexity index is 1050. The third-order valence-corrected chi connectivity index (χ3v) is 5.73. The summed E-state index contributed by atoms with van der Waals surface area (Å²) in [7, 11) is 0. The third-order valence-electron chi connectivity index (χ3n) is 5.73. The Morgan fingerprint density at radius 2 is 2.21 bits per heavy atom. The zero-order valence-electron chi connectivity index (χ0n) is 15.8. The first-order valence-electron chi connectivity index (χ1n) is 9.56. The van der Waals surface area contributed by atoms with Gasteiger partial charge in [-0.1, -0.05) is 25.5 Å². The number of amides is 1. The molecule has 2 atom stereocenters. The number of nitrogens with one attached hydrogen (secondary N) is 2. The van der Waals surface area contributed by atoms with E-state index in [1.807, 2.05) is 19.1 Å². The quantitative estimate of drug-likeness (QED) is 0.730. The van der Waals surface area contributed by atoms with Gasteiger partial charge in [-0.3, -0.25) is 4.79 Å². The number of rotatable bonds is 3. The molecule has 1 aromatic carbocycles. The van der Waals surface area contributed by atoms with Gasteiger partial charge in [0.1, 0.15) is 12.4 Å². The van der Waals surface area contributed by atoms with Crippen LogP contribution in [0.25, 0.3) is 22.6 Å². The van der Waals surface area contributed by atoms with Gasteiger partial charge in [-0.2, -0.15) is 0 Å². The van der Waals surface area contributed by atoms with E-state index in [1.165, 1.54) is 0 Å². The highest BCUT2D eigenvalue weighted by Crippen LogP contribution is 2.38. The van der Waals surface area contributed by atoms with E-state index < -0.39 is 0 Å². The first kappa shape index (κ1) is 16.9. The van der Waals surface area contributed by atoms with E-state index in [0.717, 1.165) is 53.4 Å². The molecule has 142 valence electrons. The predicted octanol–water partition coefficient (Wildman–Crippen LogP) is 2.79. The van der Waals surface area contributed by atoms with E-state index >= 15 is 0 Å². The van der Waals surface area contributed by atoms with Crippen molar-refractivity contribution in [1.29, 1.82) is 0 Å². The minimum atomic E-state index is -0.142. The van der Waals surface area contributed by atoms with Crippen molar-refractivity contribution >= 4 is 17.5 Å². The molecule has 2 N–H and O–H groups in total. The molecule has 8 nitrogen and oxygen atoms in total. The van der Waals surface area contributed by atoms with Crippen LogP contribution in [-0.4, -0.2) is 43.6 Å². The predicted molar refractivity (Wildman–Crippen MR) is 106 cm³/mol. The Hall–Kier alpha value is -3.29. The van der Waals surface area contributed by atoms with Gasteiger partial charge in [0, 0.05) is 17.7 Å². The summed E-state index contributed by atoms with van der Waals surface area (Å²) < 4.78 is 0. The van der Waals surface area contributed by atoms with E-state index in [9.17, 15) is 4.79 Å². The number of aromatic amines is 1. The molecule has 1 amide bonds. The van der Waals surface area contributed by atoms with E-state index in [1.54, 1.807) is 12.5 Å². The molecule has 0 spiro atoms. The van der Waals surface area contributed by atoms with Crippen molar-refractivity contribution in [3.05, 3.63) is 36.3 Å². The Morgan fingerprint density at radius 3 is 2.96 bits per heavy atom. The monoisotopic (exact) mass is 375 g/mol. The van der Waals surface area contributed by atoms with Gasteiger partial charge in [0.05, 0.1) is 11.9 Å². The lowest BCUT2D eigenvalue weighted by Crippen LogP contribution is -2.44. The summed E-state index contributed by atoms with van der Waals surface area (Å²) in [6, 6.07) is 5.94. The van der Waals surface area contributed by atoms with Gasteiger partial charge in [-0.15, -0.1) is 10.2 Å². The fourth-order valence-electron chi connectivity index (χ4n) is 4.14. The second-order valence-corrected chi connectivity index (χ2v) is 7.46. The Morgan fingerprint density at radius 1 is 1.32 bits per heavy atom. The van der Waals surface area contributed by atoms with Crippen LogP contribution in [0.5, 0.6) is 0 Å². The molecule has 0 aliphatic carbocycles. The Balaban J connectivity index is 1.53. The number of anilines is 2. The van der Waals surface area contributed by atoms with E-state index in [4.69, 9.17) is 4.98 Å². The molecule has 28 heavy (non-hydrogen) atoms. The second-order valence-electron chi connectivity index (χ2n) is 7.46. The first-order chi connectivity index (χ1) is 13.6. The zero-order chi connectivity index (χ0) is 19.3. The molecular weight excluding hydrogens is 354 g/mol. The Labute approximate surface area is 162 Å². The number of hydrogen-bond donors (Lipinski definition) is 2. The van der Waals surface area contributed by atoms with E-state index in [0.29, 0.717) is 11.7 Å². The normalized spacial score (nSPS) is 20.6. The highest BCUT2D eigenvalue weighted by atomic mass is 16.2. The van der Waals surface area contributed by atoms with Gasteiger partial charge in [0.2, 0.25) is 5.91 Å². The fourth-order valence-corrected chi connectivity index (χ4v) is 4.14. The molecule has 0 bridgehead atoms. The van der Waals surface area contributed by atoms with Crippen LogP contribution in [0, 0.1) is 12.8 Å². The van der Waals surface area contributed by atoms with Crippen LogP contribution in [0.4, 0.5) is 11.6 Å². The summed E-state index contributed by atoms with van der Waals surface area (Å²) in [6.45, 7) is 5.07. The smallest absolute Gasteiger partial charge is 0.248 e. The molecule has 0 unspecified atom stereocenters. The molecular formula is C20H21N7O. The summed E-state index contributed by atoms with van der Waals surface area (Å²) in [6.07, 6.45) is 5.23. The number of aryl methyl sites for hydroxylation is 1. The molecule has 1 saturated heterocycles. The average molecular weight is 375 g/mol. The summed E-state index contributed by atoms with van der Waals surface area (Å²) in [4.78, 5) is 27.0. The number of aromatic nitrogens is 5. The molecule has 0 radical (unpaired) electrons. The maximum Gasteiger partial charge on any atom is 0.248 e. The fraction of sp³-hybridized carbons (Fsp3) is 0.350. The standard InChI is InChI=1S/C20H21N7O/c1-3-12-7-16-20(28)25-18-19(27(16)9-12)24-15(8-21-18)14-5-4-13(6-11(14)2)17-22-10-23-26-17/h4-6,8,10,12,16H,3,7,9H2,1-2H3,(H,21,25,28)(H,22,23,26)/t12-,16-/m1/s1. The topological polar surface area (TPSA) is 99.7 Å². The summed E-state index contributed by atoms with van der Waals surface area (Å²) >= 11 is 0. The minimum Gasteiger partial charge on any atom is -0.341 e. The third kappa shape index (κ3) is 2.64. The molecule has 1 fully saturated rings. The zero-order valence-corrected chi connectivity index (χ0v) is 15.8. The lowest BCUT2D eigenvalue weighted by Gasteiger charge is -2.31. The van der Waals surface area contributed by atoms with Crippen LogP contribution in [0.1, 0.15) is 25.3 Å². The molecule has 4 heterocycles. The highest BCUT2D eigenvalue weighted by Gasteiger charge is 2.41. The van der Waals surface area contributed by atoms with Gasteiger partial charge >= 0.3 is 0 Å². The summed E-state index contributed by atoms with van der Waals surface area (Å²) in [5.74, 6) is 2.60. The van der Waals surface area contributed by atoms with Crippen LogP contribution in [0.3, 0.4) is 0 Å². The number of fused-ring (bicyclic) bond motifs is 3. The van der Waals surface area contributed by atoms with Crippen LogP contribution < -0.4 is 10.2 Å². The van der Waals surface area contributed by atoms with Gasteiger partial charge in [0.15, 0.2) is 17.5 Å². The maximum absolute atomic E-state index is 12.4. The Kier molecular flexibility index (Phi) is 3.85. The van der Waals surface area contributed by atoms with E-state index in [-0.39, 0.29) is 11.9 Å². The van der Waals surface area contributed by atoms with Crippen LogP contribution >= 0.6 is 0 Å². The van der Waals surface area contributed by atoms with Gasteiger partial charge < -0.3 is 15.2 Å². The second kappa shape index (κ2) is 6.40. The number of carbonyl (C=O) groups is 1. The number of H-pyrrole nitrogens is 1. The van der Waals surface area contributed by atoms with Crippen molar-refractivity contribution in [3.8, 4) is 22.6 Å². The van der Waals surface area contributed by atoms with Crippen molar-refractivity contribution in [2.24, 2.45) is 5.92 Å². The first-order valence-corrected chi connectivity index (χ1v) is 9.56. The SMILES string of the molecule is CC[C@@H]1C[C@@H]2C(=O)Nc3ncc(-c4ccc(-c5nnc[nH]5)cc4C)nc3N2C1. The van der Waals surface area contributed by atoms with Crippen molar-refractivity contribution < 1.29 is 4.79 Å².